The molecular weight excluding hydrogens is 234 g/mol. The molecule has 0 saturated carbocycles. The van der Waals surface area contributed by atoms with Crippen molar-refractivity contribution in [2.45, 2.75) is 19.4 Å². The summed E-state index contributed by atoms with van der Waals surface area (Å²) in [5.41, 5.74) is 0.710. The number of ether oxygens (including phenoxy) is 1. The molecule has 0 fully saturated rings. The number of rotatable bonds is 3. The van der Waals surface area contributed by atoms with Crippen molar-refractivity contribution < 1.29 is 19.4 Å². The maximum absolute atomic E-state index is 12.1. The molecule has 1 amide bonds. The monoisotopic (exact) mass is 249 g/mol. The summed E-state index contributed by atoms with van der Waals surface area (Å²) < 4.78 is 5.62. The van der Waals surface area contributed by atoms with Crippen molar-refractivity contribution in [2.75, 3.05) is 11.9 Å². The lowest BCUT2D eigenvalue weighted by atomic mass is 9.98. The molecule has 2 unspecified atom stereocenters. The highest BCUT2D eigenvalue weighted by Crippen LogP contribution is 2.34. The first-order chi connectivity index (χ1) is 8.50. The number of hydrogen-bond donors (Lipinski definition) is 1. The van der Waals surface area contributed by atoms with Crippen LogP contribution in [0.5, 0.6) is 5.75 Å². The van der Waals surface area contributed by atoms with Crippen LogP contribution in [0.3, 0.4) is 0 Å². The van der Waals surface area contributed by atoms with Gasteiger partial charge in [0.15, 0.2) is 6.10 Å². The van der Waals surface area contributed by atoms with Crippen molar-refractivity contribution >= 4 is 17.6 Å². The summed E-state index contributed by atoms with van der Waals surface area (Å²) in [6, 6.07) is 7.22. The first kappa shape index (κ1) is 12.4. The van der Waals surface area contributed by atoms with E-state index in [1.165, 1.54) is 4.90 Å². The zero-order valence-electron chi connectivity index (χ0n) is 10.3. The fourth-order valence-electron chi connectivity index (χ4n) is 2.07. The number of carbonyl (C=O) groups excluding carboxylic acids is 1. The molecule has 96 valence electrons. The van der Waals surface area contributed by atoms with Crippen molar-refractivity contribution in [3.8, 4) is 5.75 Å². The molecule has 2 rings (SSSR count). The molecule has 1 N–H and O–H groups in total. The van der Waals surface area contributed by atoms with E-state index >= 15 is 0 Å². The SMILES string of the molecule is CC(CC(=O)O)C1Oc2ccccc2N(C)C1=O. The lowest BCUT2D eigenvalue weighted by molar-refractivity contribution is -0.139. The molecular formula is C13H15NO4. The predicted molar refractivity (Wildman–Crippen MR) is 65.7 cm³/mol. The fraction of sp³-hybridized carbons (Fsp3) is 0.385. The van der Waals surface area contributed by atoms with Gasteiger partial charge in [0.25, 0.3) is 5.91 Å². The van der Waals surface area contributed by atoms with Gasteiger partial charge < -0.3 is 14.7 Å². The number of carboxylic acid groups (broad SMARTS) is 1. The summed E-state index contributed by atoms with van der Waals surface area (Å²) in [5.74, 6) is -0.893. The van der Waals surface area contributed by atoms with Crippen LogP contribution in [-0.2, 0) is 9.59 Å². The molecule has 2 atom stereocenters. The van der Waals surface area contributed by atoms with E-state index in [2.05, 4.69) is 0 Å². The van der Waals surface area contributed by atoms with Crippen molar-refractivity contribution in [1.82, 2.24) is 0 Å². The molecule has 0 spiro atoms. The van der Waals surface area contributed by atoms with E-state index in [4.69, 9.17) is 9.84 Å². The quantitative estimate of drug-likeness (QED) is 0.882. The number of hydrogen-bond acceptors (Lipinski definition) is 3. The van der Waals surface area contributed by atoms with Crippen LogP contribution in [-0.4, -0.2) is 30.1 Å². The molecule has 0 aliphatic carbocycles. The number of amides is 1. The molecule has 5 nitrogen and oxygen atoms in total. The number of para-hydroxylation sites is 2. The molecule has 1 aromatic carbocycles. The summed E-state index contributed by atoms with van der Waals surface area (Å²) in [5, 5.41) is 8.78. The van der Waals surface area contributed by atoms with Crippen LogP contribution in [0.15, 0.2) is 24.3 Å². The van der Waals surface area contributed by atoms with Crippen LogP contribution in [0, 0.1) is 5.92 Å². The second-order valence-electron chi connectivity index (χ2n) is 4.48. The van der Waals surface area contributed by atoms with E-state index in [0.717, 1.165) is 0 Å². The fourth-order valence-corrected chi connectivity index (χ4v) is 2.07. The van der Waals surface area contributed by atoms with E-state index in [1.54, 1.807) is 26.1 Å². The number of carbonyl (C=O) groups is 2. The van der Waals surface area contributed by atoms with Crippen molar-refractivity contribution in [3.63, 3.8) is 0 Å². The van der Waals surface area contributed by atoms with Crippen LogP contribution in [0.25, 0.3) is 0 Å². The smallest absolute Gasteiger partial charge is 0.303 e. The number of aliphatic carboxylic acids is 1. The van der Waals surface area contributed by atoms with Crippen LogP contribution in [0.4, 0.5) is 5.69 Å². The Labute approximate surface area is 105 Å². The molecule has 1 aliphatic rings. The van der Waals surface area contributed by atoms with E-state index in [9.17, 15) is 9.59 Å². The molecule has 18 heavy (non-hydrogen) atoms. The van der Waals surface area contributed by atoms with Crippen molar-refractivity contribution in [1.29, 1.82) is 0 Å². The molecule has 1 aromatic rings. The minimum absolute atomic E-state index is 0.0909. The third-order valence-corrected chi connectivity index (χ3v) is 3.07. The van der Waals surface area contributed by atoms with Gasteiger partial charge in [-0.25, -0.2) is 0 Å². The average Bonchev–Trinajstić information content (AvgIpc) is 2.33. The number of anilines is 1. The molecule has 0 radical (unpaired) electrons. The third-order valence-electron chi connectivity index (χ3n) is 3.07. The van der Waals surface area contributed by atoms with Gasteiger partial charge in [-0.2, -0.15) is 0 Å². The Bertz CT molecular complexity index is 486. The van der Waals surface area contributed by atoms with E-state index < -0.39 is 12.1 Å². The van der Waals surface area contributed by atoms with Gasteiger partial charge in [0.05, 0.1) is 12.1 Å². The summed E-state index contributed by atoms with van der Waals surface area (Å²) in [6.07, 6.45) is -0.826. The Morgan fingerprint density at radius 2 is 2.17 bits per heavy atom. The van der Waals surface area contributed by atoms with Crippen LogP contribution < -0.4 is 9.64 Å². The summed E-state index contributed by atoms with van der Waals surface area (Å²) in [6.45, 7) is 1.71. The van der Waals surface area contributed by atoms with Crippen LogP contribution >= 0.6 is 0 Å². The van der Waals surface area contributed by atoms with E-state index in [1.807, 2.05) is 12.1 Å². The van der Waals surface area contributed by atoms with Gasteiger partial charge in [-0.05, 0) is 12.1 Å². The zero-order chi connectivity index (χ0) is 13.3. The standard InChI is InChI=1S/C13H15NO4/c1-8(7-11(15)16)12-13(17)14(2)9-5-3-4-6-10(9)18-12/h3-6,8,12H,7H2,1-2H3,(H,15,16). The maximum Gasteiger partial charge on any atom is 0.303 e. The highest BCUT2D eigenvalue weighted by Gasteiger charge is 2.36. The largest absolute Gasteiger partial charge is 0.481 e. The molecule has 0 bridgehead atoms. The van der Waals surface area contributed by atoms with E-state index in [0.29, 0.717) is 11.4 Å². The normalized spacial score (nSPS) is 20.0. The molecule has 0 aromatic heterocycles. The van der Waals surface area contributed by atoms with Crippen molar-refractivity contribution in [3.05, 3.63) is 24.3 Å². The Morgan fingerprint density at radius 3 is 2.83 bits per heavy atom. The van der Waals surface area contributed by atoms with Crippen LogP contribution in [0.1, 0.15) is 13.3 Å². The van der Waals surface area contributed by atoms with Crippen LogP contribution in [0.2, 0.25) is 0 Å². The molecule has 1 aliphatic heterocycles. The first-order valence-electron chi connectivity index (χ1n) is 5.75. The van der Waals surface area contributed by atoms with Gasteiger partial charge in [0, 0.05) is 13.0 Å². The summed E-state index contributed by atoms with van der Waals surface area (Å²) in [7, 11) is 1.67. The number of nitrogens with zero attached hydrogens (tertiary/aromatic N) is 1. The minimum atomic E-state index is -0.930. The highest BCUT2D eigenvalue weighted by atomic mass is 16.5. The van der Waals surface area contributed by atoms with Gasteiger partial charge in [-0.3, -0.25) is 9.59 Å². The summed E-state index contributed by atoms with van der Waals surface area (Å²) in [4.78, 5) is 24.3. The lowest BCUT2D eigenvalue weighted by Gasteiger charge is -2.34. The van der Waals surface area contributed by atoms with Gasteiger partial charge in [0.1, 0.15) is 5.75 Å². The molecule has 1 heterocycles. The summed E-state index contributed by atoms with van der Waals surface area (Å²) >= 11 is 0. The number of fused-ring (bicyclic) bond motifs is 1. The number of likely N-dealkylation sites (N-methyl/N-ethyl adjacent to an activating group) is 1. The van der Waals surface area contributed by atoms with E-state index in [-0.39, 0.29) is 18.2 Å². The average molecular weight is 249 g/mol. The van der Waals surface area contributed by atoms with Gasteiger partial charge >= 0.3 is 5.97 Å². The maximum atomic E-state index is 12.1. The second-order valence-corrected chi connectivity index (χ2v) is 4.48. The highest BCUT2D eigenvalue weighted by molar-refractivity contribution is 5.99. The Morgan fingerprint density at radius 1 is 1.50 bits per heavy atom. The Balaban J connectivity index is 2.26. The number of carboxylic acids is 1. The first-order valence-corrected chi connectivity index (χ1v) is 5.75. The minimum Gasteiger partial charge on any atom is -0.481 e. The zero-order valence-corrected chi connectivity index (χ0v) is 10.3. The van der Waals surface area contributed by atoms with Crippen molar-refractivity contribution in [2.24, 2.45) is 5.92 Å². The van der Waals surface area contributed by atoms with Gasteiger partial charge in [-0.1, -0.05) is 19.1 Å². The van der Waals surface area contributed by atoms with Gasteiger partial charge in [-0.15, -0.1) is 0 Å². The molecule has 0 saturated heterocycles. The second kappa shape index (κ2) is 4.68. The third kappa shape index (κ3) is 2.16. The Hall–Kier alpha value is -2.04. The predicted octanol–water partition coefficient (Wildman–Crippen LogP) is 1.52. The number of benzene rings is 1. The topological polar surface area (TPSA) is 66.8 Å². The lowest BCUT2D eigenvalue weighted by Crippen LogP contribution is -2.47. The Kier molecular flexibility index (Phi) is 3.23. The van der Waals surface area contributed by atoms with Gasteiger partial charge in [0.2, 0.25) is 0 Å². The molecule has 5 heteroatoms.